The number of hydrogen-bond donors (Lipinski definition) is 1. The van der Waals surface area contributed by atoms with E-state index in [1.54, 1.807) is 18.2 Å². The number of hydrogen-bond acceptors (Lipinski definition) is 3. The molecule has 110 valence electrons. The molecule has 21 heavy (non-hydrogen) atoms. The highest BCUT2D eigenvalue weighted by molar-refractivity contribution is 9.10. The molecule has 1 aliphatic rings. The van der Waals surface area contributed by atoms with Crippen molar-refractivity contribution in [1.82, 2.24) is 0 Å². The number of halogens is 2. The van der Waals surface area contributed by atoms with E-state index >= 15 is 0 Å². The molecule has 2 aromatic carbocycles. The van der Waals surface area contributed by atoms with Crippen molar-refractivity contribution >= 4 is 15.9 Å². The summed E-state index contributed by atoms with van der Waals surface area (Å²) in [7, 11) is 0. The topological polar surface area (TPSA) is 38.7 Å². The third-order valence-corrected chi connectivity index (χ3v) is 4.12. The van der Waals surface area contributed by atoms with Crippen molar-refractivity contribution in [3.05, 3.63) is 57.8 Å². The molecule has 1 unspecified atom stereocenters. The second-order valence-electron chi connectivity index (χ2n) is 4.86. The molecular formula is C16H14BrFO3. The first-order valence-corrected chi connectivity index (χ1v) is 7.44. The fourth-order valence-corrected chi connectivity index (χ4v) is 2.79. The van der Waals surface area contributed by atoms with Gasteiger partial charge in [0, 0.05) is 10.9 Å². The minimum absolute atomic E-state index is 0.306. The lowest BCUT2D eigenvalue weighted by Crippen LogP contribution is -2.15. The molecule has 0 spiro atoms. The molecule has 3 rings (SSSR count). The van der Waals surface area contributed by atoms with Gasteiger partial charge in [0.1, 0.15) is 19.0 Å². The van der Waals surface area contributed by atoms with Crippen molar-refractivity contribution < 1.29 is 19.0 Å². The van der Waals surface area contributed by atoms with Crippen molar-refractivity contribution in [2.24, 2.45) is 0 Å². The van der Waals surface area contributed by atoms with Crippen LogP contribution in [0.15, 0.2) is 40.9 Å². The Labute approximate surface area is 130 Å². The Kier molecular flexibility index (Phi) is 4.12. The summed E-state index contributed by atoms with van der Waals surface area (Å²) in [5.74, 6) is 1.04. The normalized spacial score (nSPS) is 14.8. The first kappa shape index (κ1) is 14.4. The van der Waals surface area contributed by atoms with Gasteiger partial charge in [0.05, 0.1) is 6.10 Å². The number of aliphatic hydroxyl groups is 1. The van der Waals surface area contributed by atoms with Crippen LogP contribution in [-0.2, 0) is 6.42 Å². The van der Waals surface area contributed by atoms with Gasteiger partial charge in [0.2, 0.25) is 0 Å². The number of fused-ring (bicyclic) bond motifs is 1. The third kappa shape index (κ3) is 3.19. The smallest absolute Gasteiger partial charge is 0.161 e. The van der Waals surface area contributed by atoms with E-state index in [4.69, 9.17) is 9.47 Å². The highest BCUT2D eigenvalue weighted by Crippen LogP contribution is 2.34. The zero-order valence-corrected chi connectivity index (χ0v) is 12.8. The van der Waals surface area contributed by atoms with E-state index in [2.05, 4.69) is 15.9 Å². The molecule has 2 aromatic rings. The Morgan fingerprint density at radius 3 is 2.62 bits per heavy atom. The highest BCUT2D eigenvalue weighted by Gasteiger charge is 2.16. The number of benzene rings is 2. The molecule has 0 amide bonds. The molecule has 1 heterocycles. The summed E-state index contributed by atoms with van der Waals surface area (Å²) in [6.45, 7) is 1.05. The second kappa shape index (κ2) is 6.03. The zero-order chi connectivity index (χ0) is 14.8. The van der Waals surface area contributed by atoms with E-state index in [0.717, 1.165) is 11.1 Å². The summed E-state index contributed by atoms with van der Waals surface area (Å²) in [4.78, 5) is 0. The fourth-order valence-electron chi connectivity index (χ4n) is 2.28. The summed E-state index contributed by atoms with van der Waals surface area (Å²) in [6, 6.07) is 9.85. The van der Waals surface area contributed by atoms with Gasteiger partial charge >= 0.3 is 0 Å². The van der Waals surface area contributed by atoms with E-state index in [9.17, 15) is 9.50 Å². The molecule has 1 N–H and O–H groups in total. The molecule has 0 aromatic heterocycles. The average Bonchev–Trinajstić information content (AvgIpc) is 2.49. The molecule has 0 fully saturated rings. The first-order chi connectivity index (χ1) is 10.1. The van der Waals surface area contributed by atoms with Crippen LogP contribution in [0.5, 0.6) is 11.5 Å². The predicted molar refractivity (Wildman–Crippen MR) is 80.2 cm³/mol. The van der Waals surface area contributed by atoms with E-state index in [1.165, 1.54) is 12.1 Å². The molecule has 1 atom stereocenters. The van der Waals surface area contributed by atoms with E-state index in [-0.39, 0.29) is 5.82 Å². The first-order valence-electron chi connectivity index (χ1n) is 6.65. The summed E-state index contributed by atoms with van der Waals surface area (Å²) < 4.78 is 24.7. The maximum Gasteiger partial charge on any atom is 0.161 e. The van der Waals surface area contributed by atoms with Crippen molar-refractivity contribution in [3.63, 3.8) is 0 Å². The molecular weight excluding hydrogens is 339 g/mol. The number of rotatable bonds is 3. The van der Waals surface area contributed by atoms with Gasteiger partial charge in [-0.05, 0) is 35.4 Å². The Morgan fingerprint density at radius 1 is 1.10 bits per heavy atom. The summed E-state index contributed by atoms with van der Waals surface area (Å²) in [6.07, 6.45) is -0.303. The summed E-state index contributed by atoms with van der Waals surface area (Å²) in [5, 5.41) is 10.4. The lowest BCUT2D eigenvalue weighted by atomic mass is 10.0. The van der Waals surface area contributed by atoms with Crippen LogP contribution >= 0.6 is 15.9 Å². The monoisotopic (exact) mass is 352 g/mol. The second-order valence-corrected chi connectivity index (χ2v) is 5.71. The third-order valence-electron chi connectivity index (χ3n) is 3.38. The summed E-state index contributed by atoms with van der Waals surface area (Å²) >= 11 is 3.31. The van der Waals surface area contributed by atoms with Crippen LogP contribution in [0.4, 0.5) is 4.39 Å². The van der Waals surface area contributed by atoms with Gasteiger partial charge in [-0.1, -0.05) is 28.1 Å². The largest absolute Gasteiger partial charge is 0.486 e. The fraction of sp³-hybridized carbons (Fsp3) is 0.250. The van der Waals surface area contributed by atoms with E-state index in [0.29, 0.717) is 35.6 Å². The van der Waals surface area contributed by atoms with Gasteiger partial charge in [0.25, 0.3) is 0 Å². The maximum absolute atomic E-state index is 13.1. The van der Waals surface area contributed by atoms with Gasteiger partial charge in [-0.3, -0.25) is 0 Å². The SMILES string of the molecule is OC(Cc1ccc(F)cc1Br)c1ccc2c(c1)OCCO2. The van der Waals surface area contributed by atoms with Gasteiger partial charge in [0.15, 0.2) is 11.5 Å². The maximum atomic E-state index is 13.1. The predicted octanol–water partition coefficient (Wildman–Crippen LogP) is 3.64. The number of aliphatic hydroxyl groups excluding tert-OH is 1. The van der Waals surface area contributed by atoms with Gasteiger partial charge in [-0.15, -0.1) is 0 Å². The van der Waals surface area contributed by atoms with Crippen LogP contribution in [0.2, 0.25) is 0 Å². The summed E-state index contributed by atoms with van der Waals surface area (Å²) in [5.41, 5.74) is 1.59. The molecule has 0 bridgehead atoms. The van der Waals surface area contributed by atoms with Gasteiger partial charge < -0.3 is 14.6 Å². The van der Waals surface area contributed by atoms with E-state index < -0.39 is 6.10 Å². The van der Waals surface area contributed by atoms with Crippen molar-refractivity contribution in [2.75, 3.05) is 13.2 Å². The standard InChI is InChI=1S/C16H14BrFO3/c17-13-9-12(18)3-1-10(13)7-14(19)11-2-4-15-16(8-11)21-6-5-20-15/h1-4,8-9,14,19H,5-7H2. The minimum Gasteiger partial charge on any atom is -0.486 e. The number of ether oxygens (including phenoxy) is 2. The molecule has 0 saturated heterocycles. The van der Waals surface area contributed by atoms with Crippen LogP contribution in [0.25, 0.3) is 0 Å². The Balaban J connectivity index is 1.80. The lowest BCUT2D eigenvalue weighted by molar-refractivity contribution is 0.164. The van der Waals surface area contributed by atoms with E-state index in [1.807, 2.05) is 6.07 Å². The van der Waals surface area contributed by atoms with Crippen molar-refractivity contribution in [2.45, 2.75) is 12.5 Å². The van der Waals surface area contributed by atoms with Crippen LogP contribution < -0.4 is 9.47 Å². The Bertz CT molecular complexity index is 660. The molecule has 5 heteroatoms. The van der Waals surface area contributed by atoms with Crippen molar-refractivity contribution in [3.8, 4) is 11.5 Å². The molecule has 1 aliphatic heterocycles. The Hall–Kier alpha value is -1.59. The zero-order valence-electron chi connectivity index (χ0n) is 11.2. The quantitative estimate of drug-likeness (QED) is 0.916. The van der Waals surface area contributed by atoms with Crippen LogP contribution in [0.3, 0.4) is 0 Å². The molecule has 0 radical (unpaired) electrons. The molecule has 3 nitrogen and oxygen atoms in total. The van der Waals surface area contributed by atoms with Crippen molar-refractivity contribution in [1.29, 1.82) is 0 Å². The highest BCUT2D eigenvalue weighted by atomic mass is 79.9. The average molecular weight is 353 g/mol. The lowest BCUT2D eigenvalue weighted by Gasteiger charge is -2.20. The van der Waals surface area contributed by atoms with Crippen LogP contribution in [-0.4, -0.2) is 18.3 Å². The molecule has 0 saturated carbocycles. The van der Waals surface area contributed by atoms with Crippen LogP contribution in [0, 0.1) is 5.82 Å². The Morgan fingerprint density at radius 2 is 1.86 bits per heavy atom. The minimum atomic E-state index is -0.692. The van der Waals surface area contributed by atoms with Gasteiger partial charge in [-0.25, -0.2) is 4.39 Å². The van der Waals surface area contributed by atoms with Gasteiger partial charge in [-0.2, -0.15) is 0 Å². The van der Waals surface area contributed by atoms with Crippen LogP contribution in [0.1, 0.15) is 17.2 Å². The molecule has 0 aliphatic carbocycles.